The van der Waals surface area contributed by atoms with Crippen molar-refractivity contribution >= 4 is 11.8 Å². The molecule has 1 unspecified atom stereocenters. The number of hydrogen-bond acceptors (Lipinski definition) is 4. The highest BCUT2D eigenvalue weighted by Crippen LogP contribution is 2.30. The van der Waals surface area contributed by atoms with Gasteiger partial charge in [0.25, 0.3) is 0 Å². The highest BCUT2D eigenvalue weighted by atomic mass is 19.4. The van der Waals surface area contributed by atoms with Gasteiger partial charge in [-0.15, -0.1) is 0 Å². The molecular formula is C21H29F3N2O4. The highest BCUT2D eigenvalue weighted by molar-refractivity contribution is 5.82. The van der Waals surface area contributed by atoms with E-state index in [0.717, 1.165) is 12.1 Å². The topological polar surface area (TPSA) is 78.9 Å². The maximum atomic E-state index is 12.5. The summed E-state index contributed by atoms with van der Waals surface area (Å²) in [6.07, 6.45) is -4.30. The lowest BCUT2D eigenvalue weighted by Crippen LogP contribution is -2.47. The van der Waals surface area contributed by atoms with Gasteiger partial charge in [0, 0.05) is 31.0 Å². The van der Waals surface area contributed by atoms with Crippen LogP contribution in [0.3, 0.4) is 0 Å². The quantitative estimate of drug-likeness (QED) is 0.728. The van der Waals surface area contributed by atoms with Crippen LogP contribution in [0.5, 0.6) is 5.75 Å². The predicted octanol–water partition coefficient (Wildman–Crippen LogP) is 2.85. The summed E-state index contributed by atoms with van der Waals surface area (Å²) in [6.45, 7) is 6.44. The van der Waals surface area contributed by atoms with Crippen molar-refractivity contribution in [3.05, 3.63) is 29.8 Å². The molecule has 9 heteroatoms. The van der Waals surface area contributed by atoms with Gasteiger partial charge in [-0.3, -0.25) is 9.59 Å². The molecule has 6 nitrogen and oxygen atoms in total. The van der Waals surface area contributed by atoms with Crippen molar-refractivity contribution in [2.45, 2.75) is 45.9 Å². The second-order valence-corrected chi connectivity index (χ2v) is 8.55. The number of benzene rings is 1. The molecule has 1 aromatic carbocycles. The number of rotatable bonds is 6. The van der Waals surface area contributed by atoms with Crippen LogP contribution in [0.4, 0.5) is 13.2 Å². The number of carbonyl (C=O) groups is 2. The van der Waals surface area contributed by atoms with Crippen LogP contribution < -0.4 is 10.1 Å². The minimum absolute atomic E-state index is 0.0272. The summed E-state index contributed by atoms with van der Waals surface area (Å²) in [5.74, 6) is -0.148. The number of amides is 2. The number of alkyl halides is 3. The van der Waals surface area contributed by atoms with Crippen LogP contribution in [0, 0.1) is 11.3 Å². The summed E-state index contributed by atoms with van der Waals surface area (Å²) in [5, 5.41) is 12.6. The van der Waals surface area contributed by atoms with Gasteiger partial charge in [-0.05, 0) is 37.1 Å². The van der Waals surface area contributed by atoms with E-state index in [1.807, 2.05) is 20.8 Å². The van der Waals surface area contributed by atoms with Crippen molar-refractivity contribution in [1.82, 2.24) is 10.2 Å². The zero-order chi connectivity index (χ0) is 22.5. The number of ether oxygens (including phenoxy) is 1. The van der Waals surface area contributed by atoms with E-state index in [4.69, 9.17) is 4.74 Å². The zero-order valence-electron chi connectivity index (χ0n) is 17.5. The summed E-state index contributed by atoms with van der Waals surface area (Å²) in [6, 6.07) is 4.17. The Hall–Kier alpha value is -2.29. The molecule has 1 heterocycles. The molecule has 1 fully saturated rings. The Bertz CT molecular complexity index is 721. The Labute approximate surface area is 174 Å². The molecular weight excluding hydrogens is 401 g/mol. The van der Waals surface area contributed by atoms with Crippen LogP contribution >= 0.6 is 0 Å². The highest BCUT2D eigenvalue weighted by Gasteiger charge is 2.32. The van der Waals surface area contributed by atoms with Gasteiger partial charge in [-0.1, -0.05) is 20.8 Å². The normalized spacial score (nSPS) is 16.8. The Morgan fingerprint density at radius 2 is 1.73 bits per heavy atom. The van der Waals surface area contributed by atoms with Crippen LogP contribution in [0.2, 0.25) is 0 Å². The number of nitrogens with zero attached hydrogens (tertiary/aromatic N) is 1. The average Bonchev–Trinajstić information content (AvgIpc) is 2.69. The molecule has 1 aliphatic heterocycles. The van der Waals surface area contributed by atoms with E-state index in [-0.39, 0.29) is 36.6 Å². The Morgan fingerprint density at radius 1 is 1.17 bits per heavy atom. The molecule has 0 aliphatic carbocycles. The van der Waals surface area contributed by atoms with Crippen LogP contribution in [0.15, 0.2) is 24.3 Å². The van der Waals surface area contributed by atoms with Gasteiger partial charge in [-0.25, -0.2) is 0 Å². The van der Waals surface area contributed by atoms with Crippen molar-refractivity contribution < 1.29 is 32.6 Å². The number of carbonyl (C=O) groups excluding carboxylic acids is 2. The molecule has 2 amide bonds. The summed E-state index contributed by atoms with van der Waals surface area (Å²) in [7, 11) is 0. The summed E-state index contributed by atoms with van der Waals surface area (Å²) >= 11 is 0. The number of nitrogens with one attached hydrogen (secondary N) is 1. The van der Waals surface area contributed by atoms with E-state index in [0.29, 0.717) is 25.9 Å². The molecule has 1 atom stereocenters. The number of halogens is 3. The van der Waals surface area contributed by atoms with Crippen LogP contribution in [0.1, 0.15) is 39.2 Å². The zero-order valence-corrected chi connectivity index (χ0v) is 17.5. The minimum Gasteiger partial charge on any atom is -0.491 e. The van der Waals surface area contributed by atoms with E-state index < -0.39 is 23.3 Å². The van der Waals surface area contributed by atoms with Crippen LogP contribution in [0.25, 0.3) is 0 Å². The first-order valence-corrected chi connectivity index (χ1v) is 9.93. The average molecular weight is 430 g/mol. The van der Waals surface area contributed by atoms with E-state index in [9.17, 15) is 27.9 Å². The lowest BCUT2D eigenvalue weighted by Gasteiger charge is -2.35. The maximum Gasteiger partial charge on any atom is 0.416 e. The first-order chi connectivity index (χ1) is 13.9. The standard InChI is InChI=1S/C21H29F3N2O4/c1-20(2,3)19(29)26-10-8-14(9-11-26)18(28)25-12-16(27)13-30-17-6-4-15(5-7-17)21(22,23)24/h4-7,14,16,27H,8-13H2,1-3H3,(H,25,28). The Morgan fingerprint density at radius 3 is 2.23 bits per heavy atom. The molecule has 0 aromatic heterocycles. The molecule has 0 radical (unpaired) electrons. The summed E-state index contributed by atoms with van der Waals surface area (Å²) in [4.78, 5) is 26.4. The van der Waals surface area contributed by atoms with E-state index in [2.05, 4.69) is 5.32 Å². The third-order valence-electron chi connectivity index (χ3n) is 4.93. The molecule has 30 heavy (non-hydrogen) atoms. The first-order valence-electron chi connectivity index (χ1n) is 9.93. The van der Waals surface area contributed by atoms with Crippen LogP contribution in [-0.2, 0) is 15.8 Å². The van der Waals surface area contributed by atoms with Gasteiger partial charge >= 0.3 is 6.18 Å². The summed E-state index contributed by atoms with van der Waals surface area (Å²) < 4.78 is 42.9. The molecule has 0 saturated carbocycles. The lowest BCUT2D eigenvalue weighted by molar-refractivity contribution is -0.142. The fourth-order valence-corrected chi connectivity index (χ4v) is 3.17. The fourth-order valence-electron chi connectivity index (χ4n) is 3.17. The van der Waals surface area contributed by atoms with Crippen molar-refractivity contribution in [3.8, 4) is 5.75 Å². The van der Waals surface area contributed by atoms with Crippen molar-refractivity contribution in [2.75, 3.05) is 26.2 Å². The molecule has 0 spiro atoms. The van der Waals surface area contributed by atoms with Crippen molar-refractivity contribution in [1.29, 1.82) is 0 Å². The van der Waals surface area contributed by atoms with Gasteiger partial charge in [-0.2, -0.15) is 13.2 Å². The summed E-state index contributed by atoms with van der Waals surface area (Å²) in [5.41, 5.74) is -1.23. The fraction of sp³-hybridized carbons (Fsp3) is 0.619. The molecule has 1 aromatic rings. The van der Waals surface area contributed by atoms with Crippen LogP contribution in [-0.4, -0.2) is 54.2 Å². The number of aliphatic hydroxyl groups is 1. The monoisotopic (exact) mass is 430 g/mol. The third kappa shape index (κ3) is 6.90. The molecule has 2 rings (SSSR count). The predicted molar refractivity (Wildman–Crippen MR) is 105 cm³/mol. The van der Waals surface area contributed by atoms with Crippen molar-refractivity contribution in [3.63, 3.8) is 0 Å². The van der Waals surface area contributed by atoms with Crippen molar-refractivity contribution in [2.24, 2.45) is 11.3 Å². The number of likely N-dealkylation sites (tertiary alicyclic amines) is 1. The number of piperidine rings is 1. The number of aliphatic hydroxyl groups excluding tert-OH is 1. The second kappa shape index (κ2) is 9.68. The Balaban J connectivity index is 1.70. The molecule has 1 aliphatic rings. The minimum atomic E-state index is -4.42. The maximum absolute atomic E-state index is 12.5. The van der Waals surface area contributed by atoms with E-state index in [1.54, 1.807) is 4.90 Å². The van der Waals surface area contributed by atoms with Gasteiger partial charge in [0.15, 0.2) is 0 Å². The second-order valence-electron chi connectivity index (χ2n) is 8.55. The largest absolute Gasteiger partial charge is 0.491 e. The smallest absolute Gasteiger partial charge is 0.416 e. The van der Waals surface area contributed by atoms with Gasteiger partial charge in [0.05, 0.1) is 5.56 Å². The third-order valence-corrected chi connectivity index (χ3v) is 4.93. The van der Waals surface area contributed by atoms with Gasteiger partial charge in [0.2, 0.25) is 11.8 Å². The lowest BCUT2D eigenvalue weighted by atomic mass is 9.90. The SMILES string of the molecule is CC(C)(C)C(=O)N1CCC(C(=O)NCC(O)COc2ccc(C(F)(F)F)cc2)CC1. The number of hydrogen-bond donors (Lipinski definition) is 2. The van der Waals surface area contributed by atoms with Gasteiger partial charge < -0.3 is 20.1 Å². The molecule has 2 N–H and O–H groups in total. The van der Waals surface area contributed by atoms with E-state index >= 15 is 0 Å². The van der Waals surface area contributed by atoms with Gasteiger partial charge in [0.1, 0.15) is 18.5 Å². The molecule has 168 valence electrons. The van der Waals surface area contributed by atoms with E-state index in [1.165, 1.54) is 12.1 Å². The molecule has 1 saturated heterocycles. The Kier molecular flexibility index (Phi) is 7.74. The molecule has 0 bridgehead atoms. The first kappa shape index (κ1) is 24.0.